The number of likely N-dealkylation sites (N-methyl/N-ethyl adjacent to an activating group) is 1. The fourth-order valence-corrected chi connectivity index (χ4v) is 0.594. The molecule has 6 N–H and O–H groups in total. The van der Waals surface area contributed by atoms with Gasteiger partial charge in [-0.05, 0) is 0 Å². The molecule has 0 heterocycles. The van der Waals surface area contributed by atoms with E-state index in [1.807, 2.05) is 0 Å². The van der Waals surface area contributed by atoms with Gasteiger partial charge in [0.25, 0.3) is 11.8 Å². The van der Waals surface area contributed by atoms with E-state index in [1.165, 1.54) is 5.32 Å². The number of aliphatic hydroxyl groups excluding tert-OH is 1. The summed E-state index contributed by atoms with van der Waals surface area (Å²) in [4.78, 5) is 42.9. The number of hydrogen-bond acceptors (Lipinski definition) is 5. The third kappa shape index (κ3) is 3.60. The number of hydrogen-bond donors (Lipinski definition) is 4. The van der Waals surface area contributed by atoms with Gasteiger partial charge in [-0.1, -0.05) is 0 Å². The van der Waals surface area contributed by atoms with Crippen LogP contribution in [0.15, 0.2) is 0 Å². The standard InChI is InChI=1S/C6H10N4O5/c1-10(6(8)15)4(13)2(11)3(12)9-5(7)14/h2,11H,1H3,(H2,8,15)(H3,7,9,12,14). The lowest BCUT2D eigenvalue weighted by Gasteiger charge is -2.15. The molecule has 0 spiro atoms. The number of carbonyl (C=O) groups excluding carboxylic acids is 4. The minimum Gasteiger partial charge on any atom is -0.375 e. The smallest absolute Gasteiger partial charge is 0.321 e. The maximum atomic E-state index is 11.1. The number of nitrogens with one attached hydrogen (secondary N) is 1. The summed E-state index contributed by atoms with van der Waals surface area (Å²) in [6.07, 6.45) is -2.21. The van der Waals surface area contributed by atoms with Gasteiger partial charge in [-0.15, -0.1) is 0 Å². The summed E-state index contributed by atoms with van der Waals surface area (Å²) in [5, 5.41) is 10.5. The van der Waals surface area contributed by atoms with Crippen molar-refractivity contribution in [3.63, 3.8) is 0 Å². The van der Waals surface area contributed by atoms with Crippen LogP contribution < -0.4 is 16.8 Å². The fraction of sp³-hybridized carbons (Fsp3) is 0.333. The van der Waals surface area contributed by atoms with E-state index in [0.29, 0.717) is 4.90 Å². The monoisotopic (exact) mass is 218 g/mol. The fourth-order valence-electron chi connectivity index (χ4n) is 0.594. The minimum absolute atomic E-state index is 0.325. The quantitative estimate of drug-likeness (QED) is 0.365. The summed E-state index contributed by atoms with van der Waals surface area (Å²) in [5.74, 6) is -2.60. The van der Waals surface area contributed by atoms with Crippen molar-refractivity contribution in [3.05, 3.63) is 0 Å². The van der Waals surface area contributed by atoms with Crippen molar-refractivity contribution in [2.75, 3.05) is 7.05 Å². The van der Waals surface area contributed by atoms with Gasteiger partial charge in [0.05, 0.1) is 0 Å². The molecule has 0 aromatic rings. The van der Waals surface area contributed by atoms with Crippen LogP contribution in [-0.2, 0) is 9.59 Å². The van der Waals surface area contributed by atoms with E-state index in [4.69, 9.17) is 10.8 Å². The molecular formula is C6H10N4O5. The van der Waals surface area contributed by atoms with Gasteiger partial charge < -0.3 is 16.6 Å². The number of nitrogens with zero attached hydrogens (tertiary/aromatic N) is 1. The van der Waals surface area contributed by atoms with Crippen LogP contribution in [0, 0.1) is 0 Å². The van der Waals surface area contributed by atoms with Crippen LogP contribution in [0.1, 0.15) is 0 Å². The zero-order valence-electron chi connectivity index (χ0n) is 7.76. The molecule has 0 saturated carbocycles. The molecule has 84 valence electrons. The molecule has 0 saturated heterocycles. The van der Waals surface area contributed by atoms with Crippen LogP contribution in [0.4, 0.5) is 9.59 Å². The number of urea groups is 2. The average Bonchev–Trinajstić information content (AvgIpc) is 2.13. The maximum Gasteiger partial charge on any atom is 0.321 e. The average molecular weight is 218 g/mol. The lowest BCUT2D eigenvalue weighted by atomic mass is 10.3. The van der Waals surface area contributed by atoms with E-state index in [0.717, 1.165) is 7.05 Å². The zero-order chi connectivity index (χ0) is 12.2. The van der Waals surface area contributed by atoms with Crippen LogP contribution in [0.25, 0.3) is 0 Å². The van der Waals surface area contributed by atoms with Crippen molar-refractivity contribution >= 4 is 23.9 Å². The predicted octanol–water partition coefficient (Wildman–Crippen LogP) is -2.92. The Kier molecular flexibility index (Phi) is 4.20. The van der Waals surface area contributed by atoms with Gasteiger partial charge in [0.1, 0.15) is 0 Å². The number of carbonyl (C=O) groups is 4. The Balaban J connectivity index is 4.51. The first-order chi connectivity index (χ1) is 6.77. The van der Waals surface area contributed by atoms with Crippen LogP contribution in [0.2, 0.25) is 0 Å². The van der Waals surface area contributed by atoms with Crippen molar-refractivity contribution in [1.82, 2.24) is 10.2 Å². The highest BCUT2D eigenvalue weighted by molar-refractivity contribution is 6.11. The topological polar surface area (TPSA) is 156 Å². The largest absolute Gasteiger partial charge is 0.375 e. The first-order valence-corrected chi connectivity index (χ1v) is 3.62. The molecule has 0 aliphatic heterocycles. The first kappa shape index (κ1) is 12.8. The summed E-state index contributed by atoms with van der Waals surface area (Å²) < 4.78 is 0. The van der Waals surface area contributed by atoms with Crippen LogP contribution >= 0.6 is 0 Å². The highest BCUT2D eigenvalue weighted by atomic mass is 16.3. The summed E-state index contributed by atoms with van der Waals surface area (Å²) >= 11 is 0. The van der Waals surface area contributed by atoms with E-state index in [1.54, 1.807) is 0 Å². The number of nitrogens with two attached hydrogens (primary N) is 2. The second-order valence-corrected chi connectivity index (χ2v) is 2.49. The Morgan fingerprint density at radius 1 is 1.27 bits per heavy atom. The highest BCUT2D eigenvalue weighted by Gasteiger charge is 2.29. The van der Waals surface area contributed by atoms with E-state index in [2.05, 4.69) is 5.73 Å². The van der Waals surface area contributed by atoms with Crippen molar-refractivity contribution < 1.29 is 24.3 Å². The molecule has 9 nitrogen and oxygen atoms in total. The molecule has 1 atom stereocenters. The maximum absolute atomic E-state index is 11.1. The third-order valence-electron chi connectivity index (χ3n) is 1.39. The summed E-state index contributed by atoms with van der Waals surface area (Å²) in [6, 6.07) is -2.38. The lowest BCUT2D eigenvalue weighted by Crippen LogP contribution is -2.51. The molecule has 6 amide bonds. The molecule has 0 bridgehead atoms. The number of rotatable bonds is 2. The van der Waals surface area contributed by atoms with Gasteiger partial charge >= 0.3 is 12.1 Å². The van der Waals surface area contributed by atoms with Gasteiger partial charge in [0, 0.05) is 7.05 Å². The molecule has 0 radical (unpaired) electrons. The molecule has 0 aromatic heterocycles. The number of amides is 6. The third-order valence-corrected chi connectivity index (χ3v) is 1.39. The molecule has 15 heavy (non-hydrogen) atoms. The SMILES string of the molecule is CN(C(N)=O)C(=O)C(O)C(=O)NC(N)=O. The molecule has 0 fully saturated rings. The van der Waals surface area contributed by atoms with Crippen LogP contribution in [0.5, 0.6) is 0 Å². The van der Waals surface area contributed by atoms with Crippen LogP contribution in [-0.4, -0.2) is 47.0 Å². The molecule has 1 unspecified atom stereocenters. The molecule has 9 heteroatoms. The molecular weight excluding hydrogens is 208 g/mol. The first-order valence-electron chi connectivity index (χ1n) is 3.62. The number of aliphatic hydroxyl groups is 1. The van der Waals surface area contributed by atoms with Gasteiger partial charge in [-0.2, -0.15) is 0 Å². The Hall–Kier alpha value is -2.16. The normalized spacial score (nSPS) is 11.3. The lowest BCUT2D eigenvalue weighted by molar-refractivity contribution is -0.144. The summed E-state index contributed by atoms with van der Waals surface area (Å²) in [7, 11) is 0.964. The van der Waals surface area contributed by atoms with Crippen LogP contribution in [0.3, 0.4) is 0 Å². The Morgan fingerprint density at radius 3 is 2.07 bits per heavy atom. The van der Waals surface area contributed by atoms with Gasteiger partial charge in [0.15, 0.2) is 0 Å². The van der Waals surface area contributed by atoms with Crippen molar-refractivity contribution in [3.8, 4) is 0 Å². The van der Waals surface area contributed by atoms with E-state index >= 15 is 0 Å². The van der Waals surface area contributed by atoms with Gasteiger partial charge in [-0.3, -0.25) is 19.8 Å². The molecule has 0 aliphatic carbocycles. The predicted molar refractivity (Wildman–Crippen MR) is 46.1 cm³/mol. The second kappa shape index (κ2) is 4.91. The minimum atomic E-state index is -2.21. The second-order valence-electron chi connectivity index (χ2n) is 2.49. The van der Waals surface area contributed by atoms with Gasteiger partial charge in [0.2, 0.25) is 6.10 Å². The van der Waals surface area contributed by atoms with Crippen molar-refractivity contribution in [2.45, 2.75) is 6.10 Å². The van der Waals surface area contributed by atoms with E-state index in [-0.39, 0.29) is 0 Å². The van der Waals surface area contributed by atoms with Crippen molar-refractivity contribution in [2.24, 2.45) is 11.5 Å². The van der Waals surface area contributed by atoms with Crippen molar-refractivity contribution in [1.29, 1.82) is 0 Å². The number of imide groups is 2. The Bertz CT molecular complexity index is 315. The molecule has 0 aliphatic rings. The Labute approximate surface area is 84.0 Å². The Morgan fingerprint density at radius 2 is 1.73 bits per heavy atom. The van der Waals surface area contributed by atoms with Gasteiger partial charge in [-0.25, -0.2) is 9.59 Å². The molecule has 0 rings (SSSR count). The number of primary amides is 2. The molecule has 0 aromatic carbocycles. The highest BCUT2D eigenvalue weighted by Crippen LogP contribution is 1.92. The summed E-state index contributed by atoms with van der Waals surface area (Å²) in [5.41, 5.74) is 9.28. The zero-order valence-corrected chi connectivity index (χ0v) is 7.76. The van der Waals surface area contributed by atoms with E-state index < -0.39 is 30.0 Å². The summed E-state index contributed by atoms with van der Waals surface area (Å²) in [6.45, 7) is 0. The van der Waals surface area contributed by atoms with E-state index in [9.17, 15) is 19.2 Å².